The number of rotatable bonds is 2. The molecule has 0 aromatic heterocycles. The van der Waals surface area contributed by atoms with E-state index in [9.17, 15) is 18.0 Å². The van der Waals surface area contributed by atoms with Gasteiger partial charge in [0.1, 0.15) is 6.61 Å². The Kier molecular flexibility index (Phi) is 2.90. The van der Waals surface area contributed by atoms with Gasteiger partial charge in [-0.15, -0.1) is 0 Å². The first-order valence-electron chi connectivity index (χ1n) is 3.76. The molecule has 1 N–H and O–H groups in total. The first-order valence-corrected chi connectivity index (χ1v) is 3.76. The van der Waals surface area contributed by atoms with Crippen LogP contribution in [0.15, 0.2) is 24.3 Å². The lowest BCUT2D eigenvalue weighted by atomic mass is 10.1. The third-order valence-corrected chi connectivity index (χ3v) is 1.68. The van der Waals surface area contributed by atoms with Crippen LogP contribution in [0.25, 0.3) is 0 Å². The van der Waals surface area contributed by atoms with Crippen LogP contribution in [0.2, 0.25) is 0 Å². The lowest BCUT2D eigenvalue weighted by molar-refractivity contribution is -0.137. The van der Waals surface area contributed by atoms with Crippen molar-refractivity contribution in [2.24, 2.45) is 0 Å². The Labute approximate surface area is 78.0 Å². The Balaban J connectivity index is 2.95. The van der Waals surface area contributed by atoms with E-state index in [-0.39, 0.29) is 5.56 Å². The molecule has 0 bridgehead atoms. The summed E-state index contributed by atoms with van der Waals surface area (Å²) in [6, 6.07) is 3.70. The van der Waals surface area contributed by atoms with Crippen molar-refractivity contribution in [1.29, 1.82) is 0 Å². The third kappa shape index (κ3) is 2.32. The lowest BCUT2D eigenvalue weighted by Crippen LogP contribution is -2.07. The van der Waals surface area contributed by atoms with Crippen LogP contribution in [0.5, 0.6) is 0 Å². The maximum absolute atomic E-state index is 12.1. The fourth-order valence-electron chi connectivity index (χ4n) is 0.936. The minimum atomic E-state index is -4.40. The number of hydrogen-bond acceptors (Lipinski definition) is 2. The predicted octanol–water partition coefficient (Wildman–Crippen LogP) is 1.88. The highest BCUT2D eigenvalue weighted by Gasteiger charge is 2.30. The lowest BCUT2D eigenvalue weighted by Gasteiger charge is -2.06. The average Bonchev–Trinajstić information content (AvgIpc) is 2.15. The van der Waals surface area contributed by atoms with Crippen LogP contribution < -0.4 is 0 Å². The zero-order valence-corrected chi connectivity index (χ0v) is 7.01. The summed E-state index contributed by atoms with van der Waals surface area (Å²) in [6.07, 6.45) is -4.40. The first kappa shape index (κ1) is 10.7. The molecule has 0 unspecified atom stereocenters. The van der Waals surface area contributed by atoms with Gasteiger partial charge < -0.3 is 5.11 Å². The summed E-state index contributed by atoms with van der Waals surface area (Å²) < 4.78 is 36.2. The van der Waals surface area contributed by atoms with E-state index in [0.29, 0.717) is 0 Å². The minimum absolute atomic E-state index is 0.0699. The third-order valence-electron chi connectivity index (χ3n) is 1.68. The van der Waals surface area contributed by atoms with Crippen LogP contribution in [0.3, 0.4) is 0 Å². The van der Waals surface area contributed by atoms with Crippen molar-refractivity contribution in [2.75, 3.05) is 6.61 Å². The highest BCUT2D eigenvalue weighted by molar-refractivity contribution is 5.96. The highest BCUT2D eigenvalue weighted by Crippen LogP contribution is 2.29. The zero-order chi connectivity index (χ0) is 10.8. The summed E-state index contributed by atoms with van der Waals surface area (Å²) in [6.45, 7) is -0.703. The smallest absolute Gasteiger partial charge is 0.388 e. The molecule has 0 saturated heterocycles. The predicted molar refractivity (Wildman–Crippen MR) is 42.9 cm³/mol. The van der Waals surface area contributed by atoms with E-state index in [1.807, 2.05) is 0 Å². The number of benzene rings is 1. The van der Waals surface area contributed by atoms with Crippen LogP contribution in [-0.2, 0) is 6.18 Å². The molecule has 76 valence electrons. The highest BCUT2D eigenvalue weighted by atomic mass is 19.4. The number of ketones is 1. The van der Waals surface area contributed by atoms with Gasteiger partial charge in [-0.1, -0.05) is 12.1 Å². The monoisotopic (exact) mass is 204 g/mol. The minimum Gasteiger partial charge on any atom is -0.388 e. The van der Waals surface area contributed by atoms with Gasteiger partial charge in [-0.05, 0) is 12.1 Å². The summed E-state index contributed by atoms with van der Waals surface area (Å²) in [5.74, 6) is -0.598. The molecule has 1 rings (SSSR count). The van der Waals surface area contributed by atoms with Crippen molar-refractivity contribution in [2.45, 2.75) is 6.18 Å². The second kappa shape index (κ2) is 3.79. The molecule has 0 radical (unpaired) electrons. The molecule has 0 heterocycles. The van der Waals surface area contributed by atoms with Crippen molar-refractivity contribution < 1.29 is 23.1 Å². The van der Waals surface area contributed by atoms with Gasteiger partial charge in [0.2, 0.25) is 0 Å². The van der Waals surface area contributed by atoms with Gasteiger partial charge >= 0.3 is 6.18 Å². The van der Waals surface area contributed by atoms with E-state index < -0.39 is 24.1 Å². The van der Waals surface area contributed by atoms with Gasteiger partial charge in [-0.3, -0.25) is 4.79 Å². The Morgan fingerprint density at radius 1 is 1.21 bits per heavy atom. The van der Waals surface area contributed by atoms with Gasteiger partial charge in [-0.25, -0.2) is 0 Å². The number of aliphatic hydroxyl groups is 1. The molecule has 0 aliphatic heterocycles. The first-order chi connectivity index (χ1) is 6.45. The summed E-state index contributed by atoms with van der Waals surface area (Å²) >= 11 is 0. The molecular weight excluding hydrogens is 197 g/mol. The van der Waals surface area contributed by atoms with Crippen LogP contribution in [-0.4, -0.2) is 17.5 Å². The van der Waals surface area contributed by atoms with Gasteiger partial charge in [0, 0.05) is 5.56 Å². The molecule has 0 spiro atoms. The van der Waals surface area contributed by atoms with Gasteiger partial charge in [0.15, 0.2) is 5.78 Å². The maximum atomic E-state index is 12.1. The second-order valence-electron chi connectivity index (χ2n) is 2.66. The van der Waals surface area contributed by atoms with Crippen molar-refractivity contribution in [1.82, 2.24) is 0 Å². The Bertz CT molecular complexity index is 327. The zero-order valence-electron chi connectivity index (χ0n) is 7.01. The van der Waals surface area contributed by atoms with Crippen LogP contribution in [0.4, 0.5) is 13.2 Å². The maximum Gasteiger partial charge on any atom is 0.416 e. The standard InChI is InChI=1S/C9H7F3O2/c10-9(11,12)7-3-1-6(2-4-7)8(14)5-13/h1-4,13H,5H2. The van der Waals surface area contributed by atoms with E-state index in [1.54, 1.807) is 0 Å². The largest absolute Gasteiger partial charge is 0.416 e. The fraction of sp³-hybridized carbons (Fsp3) is 0.222. The molecule has 0 fully saturated rings. The molecule has 2 nitrogen and oxygen atoms in total. The van der Waals surface area contributed by atoms with E-state index in [4.69, 9.17) is 5.11 Å². The number of hydrogen-bond donors (Lipinski definition) is 1. The molecule has 14 heavy (non-hydrogen) atoms. The van der Waals surface area contributed by atoms with E-state index in [0.717, 1.165) is 24.3 Å². The van der Waals surface area contributed by atoms with Crippen molar-refractivity contribution >= 4 is 5.78 Å². The number of carbonyl (C=O) groups is 1. The van der Waals surface area contributed by atoms with Gasteiger partial charge in [0.05, 0.1) is 5.56 Å². The summed E-state index contributed by atoms with van der Waals surface area (Å²) in [7, 11) is 0. The molecule has 1 aromatic rings. The number of Topliss-reactive ketones (excluding diaryl/α,β-unsaturated/α-hetero) is 1. The Morgan fingerprint density at radius 2 is 1.71 bits per heavy atom. The fourth-order valence-corrected chi connectivity index (χ4v) is 0.936. The van der Waals surface area contributed by atoms with Gasteiger partial charge in [-0.2, -0.15) is 13.2 Å². The molecule has 0 aliphatic carbocycles. The SMILES string of the molecule is O=C(CO)c1ccc(C(F)(F)F)cc1. The van der Waals surface area contributed by atoms with Crippen LogP contribution >= 0.6 is 0 Å². The van der Waals surface area contributed by atoms with E-state index >= 15 is 0 Å². The quantitative estimate of drug-likeness (QED) is 0.747. The molecule has 0 atom stereocenters. The molecular formula is C9H7F3O2. The summed E-state index contributed by atoms with van der Waals surface area (Å²) in [5, 5.41) is 8.45. The van der Waals surface area contributed by atoms with E-state index in [1.165, 1.54) is 0 Å². The molecule has 0 saturated carbocycles. The second-order valence-corrected chi connectivity index (χ2v) is 2.66. The molecule has 0 amide bonds. The van der Waals surface area contributed by atoms with Crippen LogP contribution in [0.1, 0.15) is 15.9 Å². The Hall–Kier alpha value is -1.36. The topological polar surface area (TPSA) is 37.3 Å². The van der Waals surface area contributed by atoms with Crippen molar-refractivity contribution in [3.8, 4) is 0 Å². The number of alkyl halides is 3. The average molecular weight is 204 g/mol. The van der Waals surface area contributed by atoms with E-state index in [2.05, 4.69) is 0 Å². The number of aliphatic hydroxyl groups excluding tert-OH is 1. The number of halogens is 3. The summed E-state index contributed by atoms with van der Waals surface area (Å²) in [5.41, 5.74) is -0.743. The molecule has 1 aromatic carbocycles. The Morgan fingerprint density at radius 3 is 2.07 bits per heavy atom. The van der Waals surface area contributed by atoms with Crippen LogP contribution in [0, 0.1) is 0 Å². The normalized spacial score (nSPS) is 11.4. The number of carbonyl (C=O) groups excluding carboxylic acids is 1. The van der Waals surface area contributed by atoms with Crippen molar-refractivity contribution in [3.05, 3.63) is 35.4 Å². The molecule has 0 aliphatic rings. The summed E-state index contributed by atoms with van der Waals surface area (Å²) in [4.78, 5) is 10.8. The van der Waals surface area contributed by atoms with Gasteiger partial charge in [0.25, 0.3) is 0 Å². The molecule has 5 heteroatoms. The van der Waals surface area contributed by atoms with Crippen molar-refractivity contribution in [3.63, 3.8) is 0 Å².